The van der Waals surface area contributed by atoms with E-state index in [2.05, 4.69) is 49.0 Å². The Balaban J connectivity index is 1.48. The van der Waals surface area contributed by atoms with E-state index in [0.29, 0.717) is 31.6 Å². The van der Waals surface area contributed by atoms with Crippen molar-refractivity contribution in [2.24, 2.45) is 11.3 Å². The molecular formula is C29H43F3N4O. The summed E-state index contributed by atoms with van der Waals surface area (Å²) in [5.41, 5.74) is 2.32. The maximum absolute atomic E-state index is 13.6. The van der Waals surface area contributed by atoms with Crippen molar-refractivity contribution in [3.05, 3.63) is 41.6 Å². The van der Waals surface area contributed by atoms with Crippen LogP contribution in [0.3, 0.4) is 0 Å². The predicted molar refractivity (Wildman–Crippen MR) is 143 cm³/mol. The van der Waals surface area contributed by atoms with E-state index in [-0.39, 0.29) is 28.7 Å². The minimum atomic E-state index is -4.39. The number of likely N-dealkylation sites (tertiary alicyclic amines) is 2. The first-order valence-corrected chi connectivity index (χ1v) is 13.5. The van der Waals surface area contributed by atoms with Crippen LogP contribution in [0.15, 0.2) is 30.5 Å². The van der Waals surface area contributed by atoms with E-state index in [4.69, 9.17) is 0 Å². The third-order valence-electron chi connectivity index (χ3n) is 8.81. The van der Waals surface area contributed by atoms with Crippen LogP contribution in [0.2, 0.25) is 0 Å². The zero-order chi connectivity index (χ0) is 27.3. The van der Waals surface area contributed by atoms with Crippen LogP contribution < -0.4 is 4.90 Å². The zero-order valence-electron chi connectivity index (χ0n) is 23.3. The number of anilines is 1. The van der Waals surface area contributed by atoms with E-state index in [1.165, 1.54) is 12.1 Å². The number of nitrogens with zero attached hydrogens (tertiary/aromatic N) is 4. The van der Waals surface area contributed by atoms with Crippen LogP contribution in [0.4, 0.5) is 18.9 Å². The van der Waals surface area contributed by atoms with Gasteiger partial charge in [0.05, 0.1) is 5.56 Å². The molecule has 206 valence electrons. The molecule has 0 radical (unpaired) electrons. The normalized spacial score (nSPS) is 24.4. The monoisotopic (exact) mass is 520 g/mol. The van der Waals surface area contributed by atoms with Gasteiger partial charge in [0.25, 0.3) is 0 Å². The summed E-state index contributed by atoms with van der Waals surface area (Å²) in [6, 6.07) is 4.22. The largest absolute Gasteiger partial charge is 0.416 e. The fourth-order valence-electron chi connectivity index (χ4n) is 6.12. The molecule has 0 saturated carbocycles. The number of carbonyl (C=O) groups is 1. The summed E-state index contributed by atoms with van der Waals surface area (Å²) in [6.07, 6.45) is -2.01. The first-order valence-electron chi connectivity index (χ1n) is 13.5. The van der Waals surface area contributed by atoms with Crippen molar-refractivity contribution < 1.29 is 18.0 Å². The molecule has 0 spiro atoms. The summed E-state index contributed by atoms with van der Waals surface area (Å²) < 4.78 is 40.9. The molecule has 1 aromatic carbocycles. The van der Waals surface area contributed by atoms with Crippen LogP contribution in [0.5, 0.6) is 0 Å². The summed E-state index contributed by atoms with van der Waals surface area (Å²) in [6.45, 7) is 18.2. The van der Waals surface area contributed by atoms with Crippen LogP contribution in [0.1, 0.15) is 64.0 Å². The number of piperidine rings is 1. The number of alkyl halides is 3. The van der Waals surface area contributed by atoms with E-state index in [9.17, 15) is 18.0 Å². The topological polar surface area (TPSA) is 30.0 Å². The van der Waals surface area contributed by atoms with Crippen molar-refractivity contribution in [1.82, 2.24) is 14.7 Å². The summed E-state index contributed by atoms with van der Waals surface area (Å²) in [5.74, 6) is 0.198. The Morgan fingerprint density at radius 1 is 1.08 bits per heavy atom. The van der Waals surface area contributed by atoms with E-state index in [1.54, 1.807) is 25.1 Å². The second-order valence-electron chi connectivity index (χ2n) is 12.7. The molecule has 37 heavy (non-hydrogen) atoms. The average Bonchev–Trinajstić information content (AvgIpc) is 3.21. The lowest BCUT2D eigenvalue weighted by molar-refractivity contribution is -0.137. The summed E-state index contributed by atoms with van der Waals surface area (Å²) in [7, 11) is 3.50. The van der Waals surface area contributed by atoms with Gasteiger partial charge in [0.15, 0.2) is 0 Å². The molecule has 3 heterocycles. The molecule has 3 aliphatic rings. The van der Waals surface area contributed by atoms with Gasteiger partial charge in [-0.2, -0.15) is 13.2 Å². The highest BCUT2D eigenvalue weighted by atomic mass is 19.4. The van der Waals surface area contributed by atoms with Gasteiger partial charge in [0.2, 0.25) is 5.91 Å². The molecule has 0 aromatic heterocycles. The number of benzene rings is 1. The Kier molecular flexibility index (Phi) is 7.38. The standard InChI is InChI=1S/C29H43F3N4O/c1-20(28(5)12-15-36(19-28)27(2,3)4)35-17-22(18-35)24-9-8-23(29(30,31)32)16-25(24)34-13-10-21(11-14-34)26(37)33(6)7/h8-9,16,21-22H,1,10-15,17-19H2,2-7H3. The second-order valence-corrected chi connectivity index (χ2v) is 12.7. The van der Waals surface area contributed by atoms with E-state index in [1.807, 2.05) is 0 Å². The van der Waals surface area contributed by atoms with Gasteiger partial charge in [-0.3, -0.25) is 9.69 Å². The fraction of sp³-hybridized carbons (Fsp3) is 0.690. The molecule has 3 aliphatic heterocycles. The fourth-order valence-corrected chi connectivity index (χ4v) is 6.12. The van der Waals surface area contributed by atoms with E-state index >= 15 is 0 Å². The summed E-state index contributed by atoms with van der Waals surface area (Å²) >= 11 is 0. The smallest absolute Gasteiger partial charge is 0.373 e. The highest BCUT2D eigenvalue weighted by molar-refractivity contribution is 5.78. The second kappa shape index (κ2) is 9.83. The highest BCUT2D eigenvalue weighted by Crippen LogP contribution is 2.46. The van der Waals surface area contributed by atoms with E-state index in [0.717, 1.165) is 43.9 Å². The molecule has 0 bridgehead atoms. The molecule has 4 rings (SSSR count). The lowest BCUT2D eigenvalue weighted by atomic mass is 9.81. The number of hydrogen-bond donors (Lipinski definition) is 0. The molecule has 1 unspecified atom stereocenters. The zero-order valence-corrected chi connectivity index (χ0v) is 23.3. The van der Waals surface area contributed by atoms with Crippen LogP contribution in [0.25, 0.3) is 0 Å². The molecule has 1 amide bonds. The van der Waals surface area contributed by atoms with Gasteiger partial charge in [-0.25, -0.2) is 0 Å². The van der Waals surface area contributed by atoms with Crippen LogP contribution in [-0.4, -0.2) is 79.5 Å². The van der Waals surface area contributed by atoms with Crippen molar-refractivity contribution in [3.63, 3.8) is 0 Å². The highest BCUT2D eigenvalue weighted by Gasteiger charge is 2.44. The molecule has 5 nitrogen and oxygen atoms in total. The summed E-state index contributed by atoms with van der Waals surface area (Å²) in [5, 5.41) is 0. The predicted octanol–water partition coefficient (Wildman–Crippen LogP) is 5.43. The Bertz CT molecular complexity index is 1020. The lowest BCUT2D eigenvalue weighted by Gasteiger charge is -2.48. The van der Waals surface area contributed by atoms with Crippen molar-refractivity contribution >= 4 is 11.6 Å². The lowest BCUT2D eigenvalue weighted by Crippen LogP contribution is -2.49. The van der Waals surface area contributed by atoms with Gasteiger partial charge in [-0.05, 0) is 64.3 Å². The third kappa shape index (κ3) is 5.64. The van der Waals surface area contributed by atoms with Crippen LogP contribution >= 0.6 is 0 Å². The third-order valence-corrected chi connectivity index (χ3v) is 8.81. The molecule has 0 aliphatic carbocycles. The number of amides is 1. The number of rotatable bonds is 5. The Morgan fingerprint density at radius 2 is 1.70 bits per heavy atom. The Morgan fingerprint density at radius 3 is 2.22 bits per heavy atom. The minimum absolute atomic E-state index is 0.0160. The van der Waals surface area contributed by atoms with Gasteiger partial charge >= 0.3 is 6.18 Å². The maximum atomic E-state index is 13.6. The van der Waals surface area contributed by atoms with Gasteiger partial charge in [0, 0.05) is 81.0 Å². The van der Waals surface area contributed by atoms with Crippen molar-refractivity contribution in [2.45, 2.75) is 64.6 Å². The van der Waals surface area contributed by atoms with Crippen molar-refractivity contribution in [2.75, 3.05) is 58.3 Å². The number of hydrogen-bond acceptors (Lipinski definition) is 4. The van der Waals surface area contributed by atoms with E-state index < -0.39 is 11.7 Å². The quantitative estimate of drug-likeness (QED) is 0.518. The average molecular weight is 521 g/mol. The molecule has 3 fully saturated rings. The van der Waals surface area contributed by atoms with Crippen molar-refractivity contribution in [1.29, 1.82) is 0 Å². The molecule has 3 saturated heterocycles. The SMILES string of the molecule is C=C(N1CC(c2ccc(C(F)(F)F)cc2N2CCC(C(=O)N(C)C)CC2)C1)C1(C)CCN(C(C)(C)C)C1. The molecular weight excluding hydrogens is 477 g/mol. The van der Waals surface area contributed by atoms with Gasteiger partial charge in [-0.1, -0.05) is 19.6 Å². The first kappa shape index (κ1) is 27.8. The number of carbonyl (C=O) groups excluding carboxylic acids is 1. The molecule has 1 atom stereocenters. The van der Waals surface area contributed by atoms with Crippen LogP contribution in [-0.2, 0) is 11.0 Å². The molecule has 8 heteroatoms. The molecule has 1 aromatic rings. The maximum Gasteiger partial charge on any atom is 0.416 e. The Hall–Kier alpha value is -2.22. The number of halogens is 3. The van der Waals surface area contributed by atoms with Crippen molar-refractivity contribution in [3.8, 4) is 0 Å². The summed E-state index contributed by atoms with van der Waals surface area (Å²) in [4.78, 5) is 20.9. The first-order chi connectivity index (χ1) is 17.1. The van der Waals surface area contributed by atoms with Gasteiger partial charge < -0.3 is 14.7 Å². The van der Waals surface area contributed by atoms with Gasteiger partial charge in [-0.15, -0.1) is 0 Å². The molecule has 0 N–H and O–H groups in total. The van der Waals surface area contributed by atoms with Crippen LogP contribution in [0, 0.1) is 11.3 Å². The van der Waals surface area contributed by atoms with Gasteiger partial charge in [0.1, 0.15) is 0 Å². The Labute approximate surface area is 220 Å². The minimum Gasteiger partial charge on any atom is -0.373 e.